The molecule has 2 heterocycles. The van der Waals surface area contributed by atoms with Crippen molar-refractivity contribution in [3.05, 3.63) is 11.1 Å². The summed E-state index contributed by atoms with van der Waals surface area (Å²) in [5.41, 5.74) is 0.372. The van der Waals surface area contributed by atoms with E-state index in [9.17, 15) is 4.79 Å². The predicted molar refractivity (Wildman–Crippen MR) is 54.9 cm³/mol. The fraction of sp³-hybridized carbons (Fsp3) is 0.625. The maximum atomic E-state index is 11.5. The van der Waals surface area contributed by atoms with E-state index < -0.39 is 0 Å². The molecule has 1 aliphatic heterocycles. The molecule has 0 radical (unpaired) electrons. The quantitative estimate of drug-likeness (QED) is 0.712. The minimum absolute atomic E-state index is 0.184. The fourth-order valence-corrected chi connectivity index (χ4v) is 1.76. The number of rotatable bonds is 3. The summed E-state index contributed by atoms with van der Waals surface area (Å²) in [6.07, 6.45) is 0. The van der Waals surface area contributed by atoms with Crippen molar-refractivity contribution in [2.45, 2.75) is 6.04 Å². The van der Waals surface area contributed by atoms with Gasteiger partial charge in [-0.25, -0.2) is 0 Å². The predicted octanol–water partition coefficient (Wildman–Crippen LogP) is -0.744. The number of hydrogen-bond donors (Lipinski definition) is 2. The summed E-state index contributed by atoms with van der Waals surface area (Å²) < 4.78 is 8.89. The fourth-order valence-electron chi connectivity index (χ4n) is 1.32. The zero-order valence-corrected chi connectivity index (χ0v) is 8.92. The Morgan fingerprint density at radius 1 is 1.80 bits per heavy atom. The Morgan fingerprint density at radius 3 is 3.40 bits per heavy atom. The molecule has 0 aliphatic carbocycles. The minimum atomic E-state index is -0.184. The number of hydrogen-bond acceptors (Lipinski definition) is 6. The molecule has 1 amide bonds. The molecule has 1 aromatic rings. The monoisotopic (exact) mass is 228 g/mol. The standard InChI is InChI=1S/C8H12N4O2S/c13-8(7-5-15-12-11-7)10-3-6-4-14-2-1-9-6/h5-6,9H,1-4H2,(H,10,13). The lowest BCUT2D eigenvalue weighted by Gasteiger charge is -2.23. The van der Waals surface area contributed by atoms with Crippen LogP contribution in [-0.4, -0.2) is 47.8 Å². The summed E-state index contributed by atoms with van der Waals surface area (Å²) in [7, 11) is 0. The average Bonchev–Trinajstić information content (AvgIpc) is 2.81. The molecule has 1 atom stereocenters. The van der Waals surface area contributed by atoms with Crippen molar-refractivity contribution in [3.63, 3.8) is 0 Å². The maximum absolute atomic E-state index is 11.5. The minimum Gasteiger partial charge on any atom is -0.378 e. The third kappa shape index (κ3) is 2.95. The third-order valence-corrected chi connectivity index (χ3v) is 2.60. The van der Waals surface area contributed by atoms with E-state index in [1.807, 2.05) is 0 Å². The number of carbonyl (C=O) groups excluding carboxylic acids is 1. The van der Waals surface area contributed by atoms with Crippen LogP contribution in [-0.2, 0) is 4.74 Å². The Morgan fingerprint density at radius 2 is 2.73 bits per heavy atom. The summed E-state index contributed by atoms with van der Waals surface area (Å²) in [5, 5.41) is 11.3. The van der Waals surface area contributed by atoms with Crippen LogP contribution in [0.25, 0.3) is 0 Å². The van der Waals surface area contributed by atoms with E-state index in [-0.39, 0.29) is 11.9 Å². The van der Waals surface area contributed by atoms with Crippen LogP contribution in [0.5, 0.6) is 0 Å². The Bertz CT molecular complexity index is 310. The van der Waals surface area contributed by atoms with Crippen molar-refractivity contribution < 1.29 is 9.53 Å². The highest BCUT2D eigenvalue weighted by Gasteiger charge is 2.15. The number of ether oxygens (including phenoxy) is 1. The Kier molecular flexibility index (Phi) is 3.59. The van der Waals surface area contributed by atoms with Gasteiger partial charge in [0.15, 0.2) is 5.69 Å². The molecular formula is C8H12N4O2S. The molecule has 0 spiro atoms. The molecular weight excluding hydrogens is 216 g/mol. The number of nitrogens with zero attached hydrogens (tertiary/aromatic N) is 2. The lowest BCUT2D eigenvalue weighted by Crippen LogP contribution is -2.48. The van der Waals surface area contributed by atoms with E-state index in [1.54, 1.807) is 5.38 Å². The van der Waals surface area contributed by atoms with Crippen LogP contribution < -0.4 is 10.6 Å². The van der Waals surface area contributed by atoms with Crippen LogP contribution in [0, 0.1) is 0 Å². The SMILES string of the molecule is O=C(NCC1COCCN1)c1csnn1. The van der Waals surface area contributed by atoms with Crippen LogP contribution in [0.15, 0.2) is 5.38 Å². The van der Waals surface area contributed by atoms with Gasteiger partial charge in [-0.3, -0.25) is 4.79 Å². The van der Waals surface area contributed by atoms with Gasteiger partial charge in [0.25, 0.3) is 5.91 Å². The summed E-state index contributed by atoms with van der Waals surface area (Å²) in [5.74, 6) is -0.184. The van der Waals surface area contributed by atoms with Crippen molar-refractivity contribution in [1.82, 2.24) is 20.2 Å². The molecule has 0 bridgehead atoms. The van der Waals surface area contributed by atoms with Gasteiger partial charge in [-0.2, -0.15) is 0 Å². The van der Waals surface area contributed by atoms with E-state index >= 15 is 0 Å². The van der Waals surface area contributed by atoms with Crippen molar-refractivity contribution in [1.29, 1.82) is 0 Å². The highest BCUT2D eigenvalue weighted by atomic mass is 32.1. The number of aromatic nitrogens is 2. The molecule has 2 N–H and O–H groups in total. The van der Waals surface area contributed by atoms with Crippen molar-refractivity contribution in [3.8, 4) is 0 Å². The van der Waals surface area contributed by atoms with Gasteiger partial charge in [0.1, 0.15) is 0 Å². The average molecular weight is 228 g/mol. The number of amides is 1. The summed E-state index contributed by atoms with van der Waals surface area (Å²) in [4.78, 5) is 11.5. The van der Waals surface area contributed by atoms with Crippen LogP contribution in [0.1, 0.15) is 10.5 Å². The van der Waals surface area contributed by atoms with E-state index in [2.05, 4.69) is 20.2 Å². The molecule has 1 fully saturated rings. The van der Waals surface area contributed by atoms with Gasteiger partial charge in [-0.05, 0) is 11.5 Å². The van der Waals surface area contributed by atoms with Crippen LogP contribution in [0.2, 0.25) is 0 Å². The first-order valence-electron chi connectivity index (χ1n) is 4.72. The number of nitrogens with one attached hydrogen (secondary N) is 2. The van der Waals surface area contributed by atoms with Gasteiger partial charge < -0.3 is 15.4 Å². The molecule has 82 valence electrons. The zero-order valence-electron chi connectivity index (χ0n) is 8.10. The number of morpholine rings is 1. The number of carbonyl (C=O) groups is 1. The molecule has 1 aromatic heterocycles. The van der Waals surface area contributed by atoms with Gasteiger partial charge in [-0.15, -0.1) is 5.10 Å². The molecule has 0 aromatic carbocycles. The normalized spacial score (nSPS) is 21.2. The molecule has 15 heavy (non-hydrogen) atoms. The Labute approximate surface area is 91.2 Å². The molecule has 7 heteroatoms. The van der Waals surface area contributed by atoms with Gasteiger partial charge in [0.2, 0.25) is 0 Å². The third-order valence-electron chi connectivity index (χ3n) is 2.10. The smallest absolute Gasteiger partial charge is 0.272 e. The molecule has 6 nitrogen and oxygen atoms in total. The molecule has 0 saturated carbocycles. The van der Waals surface area contributed by atoms with E-state index in [1.165, 1.54) is 11.5 Å². The topological polar surface area (TPSA) is 76.1 Å². The van der Waals surface area contributed by atoms with E-state index in [4.69, 9.17) is 4.74 Å². The Balaban J connectivity index is 1.75. The van der Waals surface area contributed by atoms with E-state index in [0.29, 0.717) is 18.8 Å². The lowest BCUT2D eigenvalue weighted by molar-refractivity contribution is 0.0733. The zero-order chi connectivity index (χ0) is 10.5. The van der Waals surface area contributed by atoms with Gasteiger partial charge >= 0.3 is 0 Å². The lowest BCUT2D eigenvalue weighted by atomic mass is 10.2. The first-order valence-corrected chi connectivity index (χ1v) is 5.56. The summed E-state index contributed by atoms with van der Waals surface area (Å²) in [6.45, 7) is 2.76. The highest BCUT2D eigenvalue weighted by molar-refractivity contribution is 7.03. The van der Waals surface area contributed by atoms with Gasteiger partial charge in [0.05, 0.1) is 13.2 Å². The van der Waals surface area contributed by atoms with Gasteiger partial charge in [0, 0.05) is 24.5 Å². The second kappa shape index (κ2) is 5.15. The van der Waals surface area contributed by atoms with Crippen molar-refractivity contribution in [2.24, 2.45) is 0 Å². The van der Waals surface area contributed by atoms with Crippen LogP contribution >= 0.6 is 11.5 Å². The first kappa shape index (κ1) is 10.5. The highest BCUT2D eigenvalue weighted by Crippen LogP contribution is 1.97. The maximum Gasteiger partial charge on any atom is 0.272 e. The molecule has 1 saturated heterocycles. The molecule has 1 unspecified atom stereocenters. The second-order valence-electron chi connectivity index (χ2n) is 3.23. The Hall–Kier alpha value is -1.05. The van der Waals surface area contributed by atoms with E-state index in [0.717, 1.165) is 13.2 Å². The van der Waals surface area contributed by atoms with Gasteiger partial charge in [-0.1, -0.05) is 4.49 Å². The molecule has 1 aliphatic rings. The first-order chi connectivity index (χ1) is 7.36. The van der Waals surface area contributed by atoms with Crippen molar-refractivity contribution in [2.75, 3.05) is 26.3 Å². The molecule has 2 rings (SSSR count). The largest absolute Gasteiger partial charge is 0.378 e. The summed E-state index contributed by atoms with van der Waals surface area (Å²) in [6, 6.07) is 0.189. The van der Waals surface area contributed by atoms with Crippen molar-refractivity contribution >= 4 is 17.4 Å². The van der Waals surface area contributed by atoms with Crippen LogP contribution in [0.4, 0.5) is 0 Å². The summed E-state index contributed by atoms with van der Waals surface area (Å²) >= 11 is 1.17. The second-order valence-corrected chi connectivity index (χ2v) is 3.84. The van der Waals surface area contributed by atoms with Crippen LogP contribution in [0.3, 0.4) is 0 Å².